The van der Waals surface area contributed by atoms with Gasteiger partial charge in [-0.25, -0.2) is 9.78 Å². The Morgan fingerprint density at radius 1 is 1.17 bits per heavy atom. The van der Waals surface area contributed by atoms with Crippen LogP contribution in [0.15, 0.2) is 43.0 Å². The van der Waals surface area contributed by atoms with Crippen LogP contribution in [0.4, 0.5) is 0 Å². The van der Waals surface area contributed by atoms with E-state index in [1.54, 1.807) is 6.20 Å². The number of para-hydroxylation sites is 1. The Hall–Kier alpha value is -4.19. The minimum atomic E-state index is -1.07. The minimum absolute atomic E-state index is 0.104. The highest BCUT2D eigenvalue weighted by molar-refractivity contribution is 5.93. The summed E-state index contributed by atoms with van der Waals surface area (Å²) in [5.74, 6) is -2.66. The van der Waals surface area contributed by atoms with Gasteiger partial charge in [0, 0.05) is 42.0 Å². The van der Waals surface area contributed by atoms with E-state index in [1.165, 1.54) is 17.4 Å². The molecule has 190 valence electrons. The number of carboxylic acids is 1. The summed E-state index contributed by atoms with van der Waals surface area (Å²) in [6.45, 7) is -0.0535. The number of H-pyrrole nitrogens is 2. The number of aromatic amines is 2. The first-order chi connectivity index (χ1) is 17.3. The molecule has 0 saturated carbocycles. The topological polar surface area (TPSA) is 186 Å². The van der Waals surface area contributed by atoms with Crippen molar-refractivity contribution in [3.8, 4) is 0 Å². The minimum Gasteiger partial charge on any atom is -0.480 e. The highest BCUT2D eigenvalue weighted by Gasteiger charge is 2.34. The van der Waals surface area contributed by atoms with Crippen molar-refractivity contribution in [1.82, 2.24) is 30.5 Å². The maximum absolute atomic E-state index is 13.0. The zero-order valence-electron chi connectivity index (χ0n) is 19.6. The maximum Gasteiger partial charge on any atom is 0.326 e. The third kappa shape index (κ3) is 5.71. The third-order valence-electron chi connectivity index (χ3n) is 6.34. The van der Waals surface area contributed by atoms with Gasteiger partial charge in [-0.15, -0.1) is 0 Å². The maximum atomic E-state index is 13.0. The first kappa shape index (κ1) is 24.9. The van der Waals surface area contributed by atoms with Crippen molar-refractivity contribution in [2.45, 2.75) is 43.8 Å². The van der Waals surface area contributed by atoms with E-state index < -0.39 is 41.8 Å². The molecule has 1 aliphatic rings. The number of nitrogens with zero attached hydrogens (tertiary/aromatic N) is 2. The number of hydrogen-bond acceptors (Lipinski definition) is 6. The Labute approximate surface area is 206 Å². The molecule has 12 heteroatoms. The highest BCUT2D eigenvalue weighted by atomic mass is 16.4. The van der Waals surface area contributed by atoms with Crippen molar-refractivity contribution in [1.29, 1.82) is 0 Å². The number of carbonyl (C=O) groups is 4. The van der Waals surface area contributed by atoms with Crippen molar-refractivity contribution < 1.29 is 24.3 Å². The summed E-state index contributed by atoms with van der Waals surface area (Å²) in [5, 5.41) is 15.5. The summed E-state index contributed by atoms with van der Waals surface area (Å²) in [7, 11) is 0. The molecule has 0 aliphatic carbocycles. The molecule has 3 heterocycles. The highest BCUT2D eigenvalue weighted by Crippen LogP contribution is 2.19. The molecular weight excluding hydrogens is 466 g/mol. The Morgan fingerprint density at radius 3 is 2.72 bits per heavy atom. The van der Waals surface area contributed by atoms with Crippen LogP contribution in [-0.4, -0.2) is 79.9 Å². The summed E-state index contributed by atoms with van der Waals surface area (Å²) in [4.78, 5) is 61.0. The largest absolute Gasteiger partial charge is 0.480 e. The van der Waals surface area contributed by atoms with Crippen LogP contribution in [0.2, 0.25) is 0 Å². The molecule has 1 fully saturated rings. The molecule has 3 amide bonds. The van der Waals surface area contributed by atoms with E-state index in [2.05, 4.69) is 25.6 Å². The molecule has 0 bridgehead atoms. The Morgan fingerprint density at radius 2 is 1.97 bits per heavy atom. The molecule has 3 unspecified atom stereocenters. The van der Waals surface area contributed by atoms with Gasteiger partial charge in [-0.2, -0.15) is 0 Å². The number of fused-ring (bicyclic) bond motifs is 1. The molecule has 7 N–H and O–H groups in total. The zero-order chi connectivity index (χ0) is 25.7. The van der Waals surface area contributed by atoms with Gasteiger partial charge in [0.25, 0.3) is 0 Å². The molecule has 3 aromatic rings. The Balaban J connectivity index is 1.39. The number of aliphatic carboxylic acids is 1. The number of imidazole rings is 1. The van der Waals surface area contributed by atoms with Gasteiger partial charge in [-0.3, -0.25) is 14.4 Å². The number of carboxylic acid groups (broad SMARTS) is 1. The summed E-state index contributed by atoms with van der Waals surface area (Å²) < 4.78 is 0. The second kappa shape index (κ2) is 11.0. The summed E-state index contributed by atoms with van der Waals surface area (Å²) in [6, 6.07) is 4.85. The molecule has 36 heavy (non-hydrogen) atoms. The van der Waals surface area contributed by atoms with E-state index in [0.717, 1.165) is 16.5 Å². The smallest absolute Gasteiger partial charge is 0.326 e. The van der Waals surface area contributed by atoms with Crippen LogP contribution in [0.25, 0.3) is 10.9 Å². The van der Waals surface area contributed by atoms with Gasteiger partial charge in [0.2, 0.25) is 17.7 Å². The molecule has 2 aromatic heterocycles. The Kier molecular flexibility index (Phi) is 7.64. The van der Waals surface area contributed by atoms with E-state index in [-0.39, 0.29) is 19.4 Å². The quantitative estimate of drug-likeness (QED) is 0.222. The summed E-state index contributed by atoms with van der Waals surface area (Å²) in [5.41, 5.74) is 8.60. The molecule has 1 aliphatic heterocycles. The average molecular weight is 496 g/mol. The number of amides is 3. The van der Waals surface area contributed by atoms with E-state index >= 15 is 0 Å². The van der Waals surface area contributed by atoms with Gasteiger partial charge in [-0.1, -0.05) is 18.2 Å². The first-order valence-electron chi connectivity index (χ1n) is 11.7. The zero-order valence-corrected chi connectivity index (χ0v) is 19.6. The average Bonchev–Trinajstić information content (AvgIpc) is 3.63. The standard InChI is InChI=1S/C24H29N7O5/c25-17(8-14-10-27-18-5-2-1-4-16(14)18)22(33)30-19(9-15-11-26-13-29-15)23(34)28-12-21(32)31-7-3-6-20(31)24(35)36/h1-2,4-5,10-11,13,17,19-20,27H,3,6-9,12,25H2,(H,26,29)(H,28,34)(H,30,33)(H,35,36). The molecule has 1 saturated heterocycles. The van der Waals surface area contributed by atoms with Crippen LogP contribution in [0.1, 0.15) is 24.1 Å². The lowest BCUT2D eigenvalue weighted by Gasteiger charge is -2.23. The van der Waals surface area contributed by atoms with Crippen molar-refractivity contribution in [2.24, 2.45) is 5.73 Å². The van der Waals surface area contributed by atoms with E-state index in [1.807, 2.05) is 24.3 Å². The van der Waals surface area contributed by atoms with E-state index in [4.69, 9.17) is 5.73 Å². The van der Waals surface area contributed by atoms with Crippen molar-refractivity contribution in [2.75, 3.05) is 13.1 Å². The first-order valence-corrected chi connectivity index (χ1v) is 11.7. The van der Waals surface area contributed by atoms with Gasteiger partial charge in [0.15, 0.2) is 0 Å². The number of aromatic nitrogens is 3. The molecule has 4 rings (SSSR count). The van der Waals surface area contributed by atoms with Gasteiger partial charge in [-0.05, 0) is 30.9 Å². The summed E-state index contributed by atoms with van der Waals surface area (Å²) in [6.07, 6.45) is 6.13. The van der Waals surface area contributed by atoms with Crippen LogP contribution in [0, 0.1) is 0 Å². The lowest BCUT2D eigenvalue weighted by Crippen LogP contribution is -2.54. The van der Waals surface area contributed by atoms with E-state index in [9.17, 15) is 24.3 Å². The number of carbonyl (C=O) groups excluding carboxylic acids is 3. The van der Waals surface area contributed by atoms with Crippen LogP contribution in [0.5, 0.6) is 0 Å². The fourth-order valence-corrected chi connectivity index (χ4v) is 4.44. The fraction of sp³-hybridized carbons (Fsp3) is 0.375. The van der Waals surface area contributed by atoms with Crippen LogP contribution in [-0.2, 0) is 32.0 Å². The van der Waals surface area contributed by atoms with Crippen molar-refractivity contribution in [3.05, 3.63) is 54.2 Å². The predicted molar refractivity (Wildman–Crippen MR) is 130 cm³/mol. The van der Waals surface area contributed by atoms with Crippen molar-refractivity contribution >= 4 is 34.6 Å². The molecule has 0 spiro atoms. The van der Waals surface area contributed by atoms with Gasteiger partial charge < -0.3 is 36.3 Å². The number of rotatable bonds is 10. The van der Waals surface area contributed by atoms with E-state index in [0.29, 0.717) is 25.1 Å². The number of likely N-dealkylation sites (tertiary alicyclic amines) is 1. The third-order valence-corrected chi connectivity index (χ3v) is 6.34. The second-order valence-electron chi connectivity index (χ2n) is 8.81. The van der Waals surface area contributed by atoms with Crippen molar-refractivity contribution in [3.63, 3.8) is 0 Å². The lowest BCUT2D eigenvalue weighted by molar-refractivity contribution is -0.148. The monoisotopic (exact) mass is 495 g/mol. The van der Waals surface area contributed by atoms with Gasteiger partial charge >= 0.3 is 5.97 Å². The molecule has 0 radical (unpaired) electrons. The fourth-order valence-electron chi connectivity index (χ4n) is 4.44. The van der Waals surface area contributed by atoms with Gasteiger partial charge in [0.1, 0.15) is 12.1 Å². The van der Waals surface area contributed by atoms with Crippen LogP contribution < -0.4 is 16.4 Å². The number of benzene rings is 1. The predicted octanol–water partition coefficient (Wildman–Crippen LogP) is -0.320. The van der Waals surface area contributed by atoms with Gasteiger partial charge in [0.05, 0.1) is 18.9 Å². The molecule has 1 aromatic carbocycles. The molecular formula is C24H29N7O5. The number of nitrogens with one attached hydrogen (secondary N) is 4. The molecule has 3 atom stereocenters. The molecule has 12 nitrogen and oxygen atoms in total. The Bertz CT molecular complexity index is 1240. The SMILES string of the molecule is NC(Cc1c[nH]c2ccccc12)C(=O)NC(Cc1cnc[nH]1)C(=O)NCC(=O)N1CCCC1C(=O)O. The van der Waals surface area contributed by atoms with Crippen LogP contribution in [0.3, 0.4) is 0 Å². The summed E-state index contributed by atoms with van der Waals surface area (Å²) >= 11 is 0. The lowest BCUT2D eigenvalue weighted by atomic mass is 10.0. The normalized spacial score (nSPS) is 17.0. The van der Waals surface area contributed by atoms with Crippen LogP contribution >= 0.6 is 0 Å². The number of hydrogen-bond donors (Lipinski definition) is 6. The number of nitrogens with two attached hydrogens (primary N) is 1. The second-order valence-corrected chi connectivity index (χ2v) is 8.81.